The number of carbonyl (C=O) groups is 1. The van der Waals surface area contributed by atoms with Crippen molar-refractivity contribution < 1.29 is 32.6 Å². The summed E-state index contributed by atoms with van der Waals surface area (Å²) in [6.07, 6.45) is -5.30. The topological polar surface area (TPSA) is 108 Å². The second kappa shape index (κ2) is 11.9. The van der Waals surface area contributed by atoms with Crippen molar-refractivity contribution in [1.82, 2.24) is 10.6 Å². The number of aliphatic hydroxyl groups is 2. The Morgan fingerprint density at radius 1 is 1.18 bits per heavy atom. The largest absolute Gasteiger partial charge is 0.417 e. The fourth-order valence-corrected chi connectivity index (χ4v) is 5.65. The molecule has 2 aromatic rings. The van der Waals surface area contributed by atoms with Crippen molar-refractivity contribution >= 4 is 29.1 Å². The lowest BCUT2D eigenvalue weighted by Gasteiger charge is -2.40. The van der Waals surface area contributed by atoms with E-state index in [1.165, 1.54) is 18.2 Å². The molecule has 0 aliphatic carbocycles. The number of amides is 1. The van der Waals surface area contributed by atoms with E-state index in [4.69, 9.17) is 34.0 Å². The van der Waals surface area contributed by atoms with Gasteiger partial charge in [0.05, 0.1) is 34.9 Å². The quantitative estimate of drug-likeness (QED) is 0.285. The SMILES string of the molecule is CC(C)(C)C[C@@H]1N[C@@H](C(=O)NCC[C@H](O)CO)[C@H](c2ccc(C(F)(F)F)c(Cl)c2)[C@@]1(N)c1ccc(Cl)cc1F. The molecule has 0 bridgehead atoms. The van der Waals surface area contributed by atoms with E-state index in [2.05, 4.69) is 10.6 Å². The van der Waals surface area contributed by atoms with Gasteiger partial charge in [-0.3, -0.25) is 4.79 Å². The first kappa shape index (κ1) is 31.6. The lowest BCUT2D eigenvalue weighted by molar-refractivity contribution is -0.137. The van der Waals surface area contributed by atoms with Gasteiger partial charge < -0.3 is 26.6 Å². The number of nitrogens with two attached hydrogens (primary N) is 1. The Kier molecular flexibility index (Phi) is 9.62. The molecule has 5 atom stereocenters. The number of benzene rings is 2. The molecular weight excluding hydrogens is 561 g/mol. The zero-order valence-electron chi connectivity index (χ0n) is 21.7. The van der Waals surface area contributed by atoms with Crippen molar-refractivity contribution in [3.63, 3.8) is 0 Å². The Morgan fingerprint density at radius 2 is 1.85 bits per heavy atom. The van der Waals surface area contributed by atoms with Crippen molar-refractivity contribution in [1.29, 1.82) is 0 Å². The number of carbonyl (C=O) groups excluding carboxylic acids is 1. The molecule has 39 heavy (non-hydrogen) atoms. The maximum atomic E-state index is 15.5. The molecule has 6 nitrogen and oxygen atoms in total. The van der Waals surface area contributed by atoms with E-state index in [0.717, 1.165) is 18.2 Å². The van der Waals surface area contributed by atoms with Gasteiger partial charge in [0.2, 0.25) is 5.91 Å². The van der Waals surface area contributed by atoms with E-state index in [1.807, 2.05) is 20.8 Å². The van der Waals surface area contributed by atoms with Gasteiger partial charge in [0.25, 0.3) is 0 Å². The molecule has 216 valence electrons. The van der Waals surface area contributed by atoms with Crippen molar-refractivity contribution in [2.45, 2.75) is 69.4 Å². The third-order valence-corrected chi connectivity index (χ3v) is 7.49. The second-order valence-corrected chi connectivity index (χ2v) is 12.0. The van der Waals surface area contributed by atoms with Gasteiger partial charge in [0.1, 0.15) is 5.82 Å². The minimum Gasteiger partial charge on any atom is -0.394 e. The second-order valence-electron chi connectivity index (χ2n) is 11.1. The highest BCUT2D eigenvalue weighted by molar-refractivity contribution is 6.31. The Balaban J connectivity index is 2.19. The summed E-state index contributed by atoms with van der Waals surface area (Å²) in [6, 6.07) is 5.32. The van der Waals surface area contributed by atoms with Crippen molar-refractivity contribution in [2.24, 2.45) is 11.1 Å². The molecule has 1 aliphatic heterocycles. The minimum atomic E-state index is -4.70. The first-order valence-electron chi connectivity index (χ1n) is 12.4. The molecule has 1 amide bonds. The summed E-state index contributed by atoms with van der Waals surface area (Å²) in [7, 11) is 0. The number of alkyl halides is 3. The molecule has 1 heterocycles. The number of nitrogens with one attached hydrogen (secondary N) is 2. The highest BCUT2D eigenvalue weighted by atomic mass is 35.5. The molecule has 1 saturated heterocycles. The fraction of sp³-hybridized carbons (Fsp3) is 0.519. The predicted octanol–water partition coefficient (Wildman–Crippen LogP) is 4.73. The normalized spacial score (nSPS) is 24.6. The molecular formula is C27H33Cl2F4N3O3. The molecule has 6 N–H and O–H groups in total. The van der Waals surface area contributed by atoms with Crippen LogP contribution in [-0.2, 0) is 16.5 Å². The van der Waals surface area contributed by atoms with Crippen LogP contribution in [0.2, 0.25) is 10.0 Å². The van der Waals surface area contributed by atoms with Crippen LogP contribution in [0.25, 0.3) is 0 Å². The molecule has 0 spiro atoms. The van der Waals surface area contributed by atoms with Crippen LogP contribution in [0.15, 0.2) is 36.4 Å². The van der Waals surface area contributed by atoms with Gasteiger partial charge in [0.15, 0.2) is 0 Å². The van der Waals surface area contributed by atoms with Gasteiger partial charge in [0, 0.05) is 29.1 Å². The standard InChI is InChI=1S/C27H33Cl2F4N3O3/c1-25(2,3)12-21-26(34,18-7-5-15(28)11-20(18)30)22(14-4-6-17(19(29)10-14)27(31,32)33)23(36-21)24(39)35-9-8-16(38)13-37/h4-7,10-11,16,21-23,36-38H,8-9,12-13,34H2,1-3H3,(H,35,39)/t16-,21-,22-,23+,26+/m0/s1. The van der Waals surface area contributed by atoms with Crippen LogP contribution >= 0.6 is 23.2 Å². The number of hydrogen-bond donors (Lipinski definition) is 5. The summed E-state index contributed by atoms with van der Waals surface area (Å²) in [5.74, 6) is -2.33. The van der Waals surface area contributed by atoms with Crippen LogP contribution in [0, 0.1) is 11.2 Å². The van der Waals surface area contributed by atoms with Crippen LogP contribution in [0.3, 0.4) is 0 Å². The molecule has 2 aromatic carbocycles. The van der Waals surface area contributed by atoms with Crippen LogP contribution < -0.4 is 16.4 Å². The van der Waals surface area contributed by atoms with Crippen LogP contribution in [0.1, 0.15) is 56.2 Å². The molecule has 0 unspecified atom stereocenters. The van der Waals surface area contributed by atoms with Gasteiger partial charge in [-0.2, -0.15) is 13.2 Å². The molecule has 0 aromatic heterocycles. The van der Waals surface area contributed by atoms with E-state index in [-0.39, 0.29) is 34.5 Å². The molecule has 3 rings (SSSR count). The number of aliphatic hydroxyl groups excluding tert-OH is 2. The lowest BCUT2D eigenvalue weighted by Crippen LogP contribution is -2.52. The summed E-state index contributed by atoms with van der Waals surface area (Å²) < 4.78 is 55.9. The molecule has 0 radical (unpaired) electrons. The minimum absolute atomic E-state index is 0.00996. The highest BCUT2D eigenvalue weighted by Crippen LogP contribution is 2.50. The summed E-state index contributed by atoms with van der Waals surface area (Å²) in [5.41, 5.74) is 4.34. The van der Waals surface area contributed by atoms with Gasteiger partial charge in [-0.05, 0) is 48.1 Å². The monoisotopic (exact) mass is 593 g/mol. The maximum Gasteiger partial charge on any atom is 0.417 e. The molecule has 0 saturated carbocycles. The maximum absolute atomic E-state index is 15.5. The Morgan fingerprint density at radius 3 is 2.38 bits per heavy atom. The van der Waals surface area contributed by atoms with Crippen molar-refractivity contribution in [2.75, 3.05) is 13.2 Å². The Bertz CT molecular complexity index is 1190. The van der Waals surface area contributed by atoms with Crippen molar-refractivity contribution in [3.05, 3.63) is 69.0 Å². The van der Waals surface area contributed by atoms with Crippen molar-refractivity contribution in [3.8, 4) is 0 Å². The zero-order chi connectivity index (χ0) is 29.3. The van der Waals surface area contributed by atoms with Crippen LogP contribution in [-0.4, -0.2) is 47.5 Å². The average molecular weight is 594 g/mol. The van der Waals surface area contributed by atoms with Gasteiger partial charge in [-0.25, -0.2) is 4.39 Å². The smallest absolute Gasteiger partial charge is 0.394 e. The van der Waals surface area contributed by atoms with Gasteiger partial charge >= 0.3 is 6.18 Å². The Hall–Kier alpha value is -1.95. The number of rotatable bonds is 8. The zero-order valence-corrected chi connectivity index (χ0v) is 23.3. The predicted molar refractivity (Wildman–Crippen MR) is 142 cm³/mol. The molecule has 1 fully saturated rings. The summed E-state index contributed by atoms with van der Waals surface area (Å²) in [5, 5.41) is 24.2. The highest BCUT2D eigenvalue weighted by Gasteiger charge is 2.57. The summed E-state index contributed by atoms with van der Waals surface area (Å²) >= 11 is 12.1. The summed E-state index contributed by atoms with van der Waals surface area (Å²) in [4.78, 5) is 13.5. The van der Waals surface area contributed by atoms with E-state index < -0.39 is 64.7 Å². The van der Waals surface area contributed by atoms with E-state index in [0.29, 0.717) is 6.42 Å². The van der Waals surface area contributed by atoms with E-state index in [1.54, 1.807) is 0 Å². The molecule has 12 heteroatoms. The van der Waals surface area contributed by atoms with Gasteiger partial charge in [-0.1, -0.05) is 56.1 Å². The molecule has 1 aliphatic rings. The Labute approximate surface area is 234 Å². The number of halogens is 6. The van der Waals surface area contributed by atoms with E-state index >= 15 is 4.39 Å². The fourth-order valence-electron chi connectivity index (χ4n) is 5.19. The first-order chi connectivity index (χ1) is 18.0. The summed E-state index contributed by atoms with van der Waals surface area (Å²) in [6.45, 7) is 5.36. The van der Waals surface area contributed by atoms with Crippen LogP contribution in [0.4, 0.5) is 17.6 Å². The first-order valence-corrected chi connectivity index (χ1v) is 13.2. The third-order valence-electron chi connectivity index (χ3n) is 6.95. The average Bonchev–Trinajstić information content (AvgIpc) is 3.09. The van der Waals surface area contributed by atoms with Gasteiger partial charge in [-0.15, -0.1) is 0 Å². The third kappa shape index (κ3) is 7.04. The number of hydrogen-bond acceptors (Lipinski definition) is 5. The van der Waals surface area contributed by atoms with Crippen LogP contribution in [0.5, 0.6) is 0 Å². The van der Waals surface area contributed by atoms with E-state index in [9.17, 15) is 23.1 Å². The lowest BCUT2D eigenvalue weighted by atomic mass is 9.68.